The number of hydrogen-bond acceptors (Lipinski definition) is 9. The second kappa shape index (κ2) is 18.2. The van der Waals surface area contributed by atoms with Crippen LogP contribution in [0.4, 0.5) is 16.3 Å². The van der Waals surface area contributed by atoms with Crippen LogP contribution in [-0.4, -0.2) is 73.9 Å². The first kappa shape index (κ1) is 36.4. The summed E-state index contributed by atoms with van der Waals surface area (Å²) in [5, 5.41) is 5.53. The highest BCUT2D eigenvalue weighted by molar-refractivity contribution is 5.95. The van der Waals surface area contributed by atoms with Crippen LogP contribution in [-0.2, 0) is 30.3 Å². The van der Waals surface area contributed by atoms with Crippen molar-refractivity contribution < 1.29 is 33.4 Å². The fourth-order valence-electron chi connectivity index (χ4n) is 4.59. The van der Waals surface area contributed by atoms with Crippen LogP contribution in [0.1, 0.15) is 60.7 Å². The Bertz CT molecular complexity index is 1660. The van der Waals surface area contributed by atoms with Gasteiger partial charge in [0.1, 0.15) is 11.4 Å². The third kappa shape index (κ3) is 12.3. The lowest BCUT2D eigenvalue weighted by Crippen LogP contribution is -2.36. The van der Waals surface area contributed by atoms with Crippen molar-refractivity contribution in [3.05, 3.63) is 89.1 Å². The summed E-state index contributed by atoms with van der Waals surface area (Å²) in [6.45, 7) is 7.21. The van der Waals surface area contributed by atoms with Gasteiger partial charge in [-0.15, -0.1) is 0 Å². The van der Waals surface area contributed by atoms with E-state index in [9.17, 15) is 19.2 Å². The fourth-order valence-corrected chi connectivity index (χ4v) is 4.59. The minimum atomic E-state index is -0.651. The van der Waals surface area contributed by atoms with Crippen LogP contribution in [0.25, 0.3) is 0 Å². The molecular weight excluding hydrogens is 628 g/mol. The van der Waals surface area contributed by atoms with Crippen LogP contribution in [0.2, 0.25) is 0 Å². The average Bonchev–Trinajstić information content (AvgIpc) is 3.07. The number of aromatic nitrogens is 1. The Balaban J connectivity index is 1.04. The Kier molecular flexibility index (Phi) is 13.5. The van der Waals surface area contributed by atoms with Crippen molar-refractivity contribution in [3.8, 4) is 11.8 Å². The Hall–Kier alpha value is -5.45. The van der Waals surface area contributed by atoms with Crippen LogP contribution in [0, 0.1) is 11.8 Å². The second-order valence-corrected chi connectivity index (χ2v) is 11.9. The van der Waals surface area contributed by atoms with Gasteiger partial charge in [-0.25, -0.2) is 15.2 Å². The molecule has 4 amide bonds. The molecule has 1 aliphatic rings. The predicted molar refractivity (Wildman–Crippen MR) is 183 cm³/mol. The molecule has 258 valence electrons. The number of ether oxygens (including phenoxy) is 3. The number of hydrazine groups is 1. The number of pyridine rings is 1. The molecule has 0 bridgehead atoms. The third-order valence-corrected chi connectivity index (χ3v) is 6.93. The van der Waals surface area contributed by atoms with E-state index in [0.29, 0.717) is 24.5 Å². The number of nitrogens with zero attached hydrogens (tertiary/aromatic N) is 2. The van der Waals surface area contributed by atoms with Gasteiger partial charge < -0.3 is 29.7 Å². The van der Waals surface area contributed by atoms with Crippen LogP contribution in [0.5, 0.6) is 0 Å². The minimum Gasteiger partial charge on any atom is -0.443 e. The molecule has 2 aromatic carbocycles. The smallest absolute Gasteiger partial charge is 0.426 e. The van der Waals surface area contributed by atoms with Crippen LogP contribution >= 0.6 is 0 Å². The Morgan fingerprint density at radius 2 is 1.53 bits per heavy atom. The SMILES string of the molecule is CC(C)(C)OC(=O)NNc1ccc(C(=O)NCCOCCOCCC(=O)NCCC(=O)N2Cc3ccccc3C#Cc3ccccc32)cn1. The first-order valence-corrected chi connectivity index (χ1v) is 16.0. The number of fused-ring (bicyclic) bond motifs is 2. The summed E-state index contributed by atoms with van der Waals surface area (Å²) in [4.78, 5) is 55.4. The maximum absolute atomic E-state index is 13.3. The quantitative estimate of drug-likeness (QED) is 0.108. The highest BCUT2D eigenvalue weighted by Gasteiger charge is 2.21. The molecule has 0 saturated heterocycles. The Morgan fingerprint density at radius 3 is 2.29 bits per heavy atom. The summed E-state index contributed by atoms with van der Waals surface area (Å²) < 4.78 is 16.1. The molecule has 49 heavy (non-hydrogen) atoms. The Labute approximate surface area is 286 Å². The van der Waals surface area contributed by atoms with Crippen molar-refractivity contribution in [1.29, 1.82) is 0 Å². The van der Waals surface area contributed by atoms with Gasteiger partial charge in [-0.1, -0.05) is 42.2 Å². The third-order valence-electron chi connectivity index (χ3n) is 6.93. The number of nitrogens with one attached hydrogen (secondary N) is 4. The molecule has 2 heterocycles. The normalized spacial score (nSPS) is 11.8. The zero-order chi connectivity index (χ0) is 35.1. The van der Waals surface area contributed by atoms with Gasteiger partial charge in [0.05, 0.1) is 44.2 Å². The largest absolute Gasteiger partial charge is 0.443 e. The van der Waals surface area contributed by atoms with E-state index in [4.69, 9.17) is 14.2 Å². The Morgan fingerprint density at radius 1 is 0.816 bits per heavy atom. The standard InChI is InChI=1S/C36H42N6O7/c1-36(2,3)49-35(46)41-40-31-15-14-28(24-39-31)34(45)38-19-21-48-23-22-47-20-17-32(43)37-18-16-33(44)42-25-29-10-5-4-8-26(29)12-13-27-9-6-7-11-30(27)42/h4-11,14-15,24H,16-23,25H2,1-3H3,(H,37,43)(H,38,45)(H,39,40)(H,41,46). The highest BCUT2D eigenvalue weighted by Crippen LogP contribution is 2.25. The van der Waals surface area contributed by atoms with E-state index in [1.807, 2.05) is 48.5 Å². The molecule has 4 rings (SSSR count). The maximum atomic E-state index is 13.3. The molecule has 1 aromatic heterocycles. The van der Waals surface area contributed by atoms with Gasteiger partial charge in [-0.3, -0.25) is 19.8 Å². The lowest BCUT2D eigenvalue weighted by atomic mass is 10.0. The number of amides is 4. The van der Waals surface area contributed by atoms with E-state index in [-0.39, 0.29) is 63.5 Å². The molecule has 0 unspecified atom stereocenters. The molecule has 0 spiro atoms. The van der Waals surface area contributed by atoms with Crippen molar-refractivity contribution >= 4 is 35.3 Å². The van der Waals surface area contributed by atoms with E-state index < -0.39 is 11.7 Å². The molecular formula is C36H42N6O7. The van der Waals surface area contributed by atoms with E-state index >= 15 is 0 Å². The molecule has 0 radical (unpaired) electrons. The molecule has 0 atom stereocenters. The van der Waals surface area contributed by atoms with Crippen LogP contribution in [0.15, 0.2) is 66.9 Å². The molecule has 3 aromatic rings. The number of carbonyl (C=O) groups excluding carboxylic acids is 4. The van der Waals surface area contributed by atoms with Crippen molar-refractivity contribution in [3.63, 3.8) is 0 Å². The fraction of sp³-hybridized carbons (Fsp3) is 0.361. The summed E-state index contributed by atoms with van der Waals surface area (Å²) in [6.07, 6.45) is 1.02. The van der Waals surface area contributed by atoms with Crippen molar-refractivity contribution in [2.45, 2.75) is 45.8 Å². The average molecular weight is 671 g/mol. The maximum Gasteiger partial charge on any atom is 0.426 e. The second-order valence-electron chi connectivity index (χ2n) is 11.9. The molecule has 13 heteroatoms. The van der Waals surface area contributed by atoms with Crippen molar-refractivity contribution in [1.82, 2.24) is 21.0 Å². The molecule has 1 aliphatic heterocycles. The van der Waals surface area contributed by atoms with Crippen LogP contribution in [0.3, 0.4) is 0 Å². The molecule has 0 fully saturated rings. The van der Waals surface area contributed by atoms with E-state index in [1.165, 1.54) is 6.20 Å². The predicted octanol–water partition coefficient (Wildman–Crippen LogP) is 3.54. The first-order chi connectivity index (χ1) is 23.6. The molecule has 4 N–H and O–H groups in total. The lowest BCUT2D eigenvalue weighted by Gasteiger charge is -2.26. The molecule has 0 saturated carbocycles. The van der Waals surface area contributed by atoms with E-state index in [1.54, 1.807) is 37.8 Å². The molecule has 0 aliphatic carbocycles. The van der Waals surface area contributed by atoms with Crippen molar-refractivity contribution in [2.24, 2.45) is 0 Å². The van der Waals surface area contributed by atoms with Gasteiger partial charge in [0.15, 0.2) is 0 Å². The zero-order valence-electron chi connectivity index (χ0n) is 28.0. The summed E-state index contributed by atoms with van der Waals surface area (Å²) in [5.74, 6) is 6.09. The summed E-state index contributed by atoms with van der Waals surface area (Å²) in [5.41, 5.74) is 8.10. The molecule has 13 nitrogen and oxygen atoms in total. The topological polar surface area (TPSA) is 160 Å². The summed E-state index contributed by atoms with van der Waals surface area (Å²) in [7, 11) is 0. The van der Waals surface area contributed by atoms with Gasteiger partial charge in [0.2, 0.25) is 11.8 Å². The highest BCUT2D eigenvalue weighted by atomic mass is 16.6. The van der Waals surface area contributed by atoms with Gasteiger partial charge in [0.25, 0.3) is 5.91 Å². The number of anilines is 2. The summed E-state index contributed by atoms with van der Waals surface area (Å²) in [6, 6.07) is 18.5. The van der Waals surface area contributed by atoms with E-state index in [2.05, 4.69) is 38.3 Å². The van der Waals surface area contributed by atoms with Gasteiger partial charge in [0, 0.05) is 43.3 Å². The first-order valence-electron chi connectivity index (χ1n) is 16.0. The lowest BCUT2D eigenvalue weighted by molar-refractivity contribution is -0.122. The number of rotatable bonds is 15. The summed E-state index contributed by atoms with van der Waals surface area (Å²) >= 11 is 0. The van der Waals surface area contributed by atoms with Gasteiger partial charge in [-0.05, 0) is 56.7 Å². The zero-order valence-corrected chi connectivity index (χ0v) is 28.0. The monoisotopic (exact) mass is 670 g/mol. The van der Waals surface area contributed by atoms with Crippen molar-refractivity contribution in [2.75, 3.05) is 49.8 Å². The number of hydrogen-bond donors (Lipinski definition) is 4. The van der Waals surface area contributed by atoms with E-state index in [0.717, 1.165) is 22.4 Å². The van der Waals surface area contributed by atoms with Crippen LogP contribution < -0.4 is 26.4 Å². The minimum absolute atomic E-state index is 0.104. The number of carbonyl (C=O) groups is 4. The number of para-hydroxylation sites is 1. The van der Waals surface area contributed by atoms with Gasteiger partial charge >= 0.3 is 6.09 Å². The van der Waals surface area contributed by atoms with Gasteiger partial charge in [-0.2, -0.15) is 0 Å². The number of benzene rings is 2.